The Hall–Kier alpha value is -0.350. The van der Waals surface area contributed by atoms with Crippen molar-refractivity contribution in [3.8, 4) is 0 Å². The van der Waals surface area contributed by atoms with Crippen molar-refractivity contribution in [1.29, 1.82) is 0 Å². The molecule has 1 heterocycles. The van der Waals surface area contributed by atoms with Crippen LogP contribution >= 0.6 is 15.9 Å². The summed E-state index contributed by atoms with van der Waals surface area (Å²) in [5, 5.41) is 8.00. The number of rotatable bonds is 6. The lowest BCUT2D eigenvalue weighted by Gasteiger charge is -2.15. The van der Waals surface area contributed by atoms with Crippen LogP contribution in [0, 0.1) is 12.8 Å². The van der Waals surface area contributed by atoms with E-state index in [1.807, 2.05) is 0 Å². The van der Waals surface area contributed by atoms with E-state index in [0.717, 1.165) is 24.6 Å². The summed E-state index contributed by atoms with van der Waals surface area (Å²) in [5.74, 6) is 0.915. The summed E-state index contributed by atoms with van der Waals surface area (Å²) in [6.45, 7) is 5.17. The summed E-state index contributed by atoms with van der Waals surface area (Å²) >= 11 is 3.66. The van der Waals surface area contributed by atoms with Gasteiger partial charge in [0.05, 0.1) is 15.9 Å². The SMILES string of the molecule is CCn1nc(C)c(Br)c1CCC(NC)C1CC1. The van der Waals surface area contributed by atoms with Gasteiger partial charge >= 0.3 is 0 Å². The molecule has 1 aliphatic carbocycles. The second-order valence-corrected chi connectivity index (χ2v) is 5.73. The van der Waals surface area contributed by atoms with E-state index >= 15 is 0 Å². The monoisotopic (exact) mass is 299 g/mol. The minimum Gasteiger partial charge on any atom is -0.317 e. The van der Waals surface area contributed by atoms with Crippen LogP contribution in [0.3, 0.4) is 0 Å². The third-order valence-electron chi connectivity index (χ3n) is 3.71. The summed E-state index contributed by atoms with van der Waals surface area (Å²) in [4.78, 5) is 0. The van der Waals surface area contributed by atoms with Gasteiger partial charge in [0.25, 0.3) is 0 Å². The lowest BCUT2D eigenvalue weighted by Crippen LogP contribution is -2.28. The van der Waals surface area contributed by atoms with E-state index in [0.29, 0.717) is 6.04 Å². The molecule has 2 rings (SSSR count). The van der Waals surface area contributed by atoms with Gasteiger partial charge in [0.2, 0.25) is 0 Å². The van der Waals surface area contributed by atoms with Crippen molar-refractivity contribution in [3.63, 3.8) is 0 Å². The van der Waals surface area contributed by atoms with Crippen LogP contribution in [0.25, 0.3) is 0 Å². The van der Waals surface area contributed by atoms with E-state index in [4.69, 9.17) is 0 Å². The topological polar surface area (TPSA) is 29.9 Å². The quantitative estimate of drug-likeness (QED) is 0.875. The van der Waals surface area contributed by atoms with E-state index in [-0.39, 0.29) is 0 Å². The second-order valence-electron chi connectivity index (χ2n) is 4.93. The molecule has 1 aliphatic rings. The van der Waals surface area contributed by atoms with Crippen LogP contribution in [0.15, 0.2) is 4.47 Å². The Morgan fingerprint density at radius 3 is 2.76 bits per heavy atom. The lowest BCUT2D eigenvalue weighted by molar-refractivity contribution is 0.460. The van der Waals surface area contributed by atoms with Crippen LogP contribution in [0.5, 0.6) is 0 Å². The fourth-order valence-electron chi connectivity index (χ4n) is 2.51. The molecule has 1 unspecified atom stereocenters. The predicted octanol–water partition coefficient (Wildman–Crippen LogP) is 2.90. The Balaban J connectivity index is 2.02. The summed E-state index contributed by atoms with van der Waals surface area (Å²) in [6, 6.07) is 0.683. The maximum atomic E-state index is 4.54. The highest BCUT2D eigenvalue weighted by atomic mass is 79.9. The van der Waals surface area contributed by atoms with Gasteiger partial charge in [-0.15, -0.1) is 0 Å². The Kier molecular flexibility index (Phi) is 4.26. The van der Waals surface area contributed by atoms with Crippen molar-refractivity contribution in [2.75, 3.05) is 7.05 Å². The minimum atomic E-state index is 0.683. The van der Waals surface area contributed by atoms with Crippen molar-refractivity contribution in [2.24, 2.45) is 5.92 Å². The van der Waals surface area contributed by atoms with Crippen molar-refractivity contribution in [2.45, 2.75) is 52.1 Å². The zero-order valence-electron chi connectivity index (χ0n) is 11.0. The summed E-state index contributed by atoms with van der Waals surface area (Å²) < 4.78 is 3.32. The number of aryl methyl sites for hydroxylation is 2. The van der Waals surface area contributed by atoms with Gasteiger partial charge < -0.3 is 5.32 Å². The van der Waals surface area contributed by atoms with Crippen LogP contribution in [0.1, 0.15) is 37.6 Å². The molecule has 0 spiro atoms. The molecule has 0 saturated heterocycles. The van der Waals surface area contributed by atoms with E-state index in [2.05, 4.69) is 51.9 Å². The first-order valence-electron chi connectivity index (χ1n) is 6.56. The smallest absolute Gasteiger partial charge is 0.0738 e. The zero-order valence-corrected chi connectivity index (χ0v) is 12.5. The molecule has 0 aliphatic heterocycles. The van der Waals surface area contributed by atoms with Crippen molar-refractivity contribution < 1.29 is 0 Å². The summed E-state index contributed by atoms with van der Waals surface area (Å²) in [5.41, 5.74) is 2.46. The maximum Gasteiger partial charge on any atom is 0.0738 e. The molecule has 1 atom stereocenters. The van der Waals surface area contributed by atoms with Gasteiger partial charge in [-0.3, -0.25) is 4.68 Å². The largest absolute Gasteiger partial charge is 0.317 e. The van der Waals surface area contributed by atoms with Gasteiger partial charge in [-0.05, 0) is 68.4 Å². The van der Waals surface area contributed by atoms with Crippen LogP contribution in [0.2, 0.25) is 0 Å². The molecular weight excluding hydrogens is 278 g/mol. The summed E-state index contributed by atoms with van der Waals surface area (Å²) in [6.07, 6.45) is 5.12. The first kappa shape index (κ1) is 13.1. The lowest BCUT2D eigenvalue weighted by atomic mass is 10.1. The Morgan fingerprint density at radius 1 is 1.53 bits per heavy atom. The van der Waals surface area contributed by atoms with Gasteiger partial charge in [-0.25, -0.2) is 0 Å². The maximum absolute atomic E-state index is 4.54. The van der Waals surface area contributed by atoms with Crippen LogP contribution in [0.4, 0.5) is 0 Å². The van der Waals surface area contributed by atoms with Crippen LogP contribution < -0.4 is 5.32 Å². The molecule has 0 amide bonds. The molecule has 1 aromatic rings. The second kappa shape index (κ2) is 5.53. The molecule has 3 nitrogen and oxygen atoms in total. The number of hydrogen-bond acceptors (Lipinski definition) is 2. The third-order valence-corrected chi connectivity index (χ3v) is 4.74. The number of nitrogens with one attached hydrogen (secondary N) is 1. The highest BCUT2D eigenvalue weighted by Crippen LogP contribution is 2.34. The Labute approximate surface area is 112 Å². The van der Waals surface area contributed by atoms with Crippen molar-refractivity contribution >= 4 is 15.9 Å². The van der Waals surface area contributed by atoms with Crippen LogP contribution in [-0.2, 0) is 13.0 Å². The highest BCUT2D eigenvalue weighted by Gasteiger charge is 2.30. The molecule has 0 bridgehead atoms. The molecule has 17 heavy (non-hydrogen) atoms. The molecule has 96 valence electrons. The van der Waals surface area contributed by atoms with Crippen molar-refractivity contribution in [3.05, 3.63) is 15.9 Å². The molecule has 4 heteroatoms. The molecule has 1 fully saturated rings. The average molecular weight is 300 g/mol. The van der Waals surface area contributed by atoms with Gasteiger partial charge in [0, 0.05) is 12.6 Å². The van der Waals surface area contributed by atoms with E-state index in [1.165, 1.54) is 29.4 Å². The van der Waals surface area contributed by atoms with E-state index < -0.39 is 0 Å². The number of hydrogen-bond donors (Lipinski definition) is 1. The van der Waals surface area contributed by atoms with E-state index in [1.54, 1.807) is 0 Å². The summed E-state index contributed by atoms with van der Waals surface area (Å²) in [7, 11) is 2.08. The fraction of sp³-hybridized carbons (Fsp3) is 0.769. The van der Waals surface area contributed by atoms with E-state index in [9.17, 15) is 0 Å². The number of halogens is 1. The first-order chi connectivity index (χ1) is 8.17. The fourth-order valence-corrected chi connectivity index (χ4v) is 3.00. The third kappa shape index (κ3) is 2.91. The highest BCUT2D eigenvalue weighted by molar-refractivity contribution is 9.10. The molecule has 0 aromatic carbocycles. The molecular formula is C13H22BrN3. The standard InChI is InChI=1S/C13H22BrN3/c1-4-17-12(13(14)9(2)16-17)8-7-11(15-3)10-5-6-10/h10-11,15H,4-8H2,1-3H3. The van der Waals surface area contributed by atoms with Gasteiger partial charge in [0.1, 0.15) is 0 Å². The Bertz CT molecular complexity index is 382. The zero-order chi connectivity index (χ0) is 12.4. The molecule has 0 radical (unpaired) electrons. The molecule has 1 aromatic heterocycles. The first-order valence-corrected chi connectivity index (χ1v) is 7.35. The number of aromatic nitrogens is 2. The van der Waals surface area contributed by atoms with Crippen LogP contribution in [-0.4, -0.2) is 22.9 Å². The van der Waals surface area contributed by atoms with Gasteiger partial charge in [0.15, 0.2) is 0 Å². The predicted molar refractivity (Wildman–Crippen MR) is 74.2 cm³/mol. The van der Waals surface area contributed by atoms with Crippen molar-refractivity contribution in [1.82, 2.24) is 15.1 Å². The van der Waals surface area contributed by atoms with Gasteiger partial charge in [-0.1, -0.05) is 0 Å². The minimum absolute atomic E-state index is 0.683. The normalized spacial score (nSPS) is 17.4. The molecule has 1 saturated carbocycles. The Morgan fingerprint density at radius 2 is 2.24 bits per heavy atom. The van der Waals surface area contributed by atoms with Gasteiger partial charge in [-0.2, -0.15) is 5.10 Å². The molecule has 1 N–H and O–H groups in total. The number of nitrogens with zero attached hydrogens (tertiary/aromatic N) is 2. The average Bonchev–Trinajstić information content (AvgIpc) is 3.12.